The van der Waals surface area contributed by atoms with Crippen LogP contribution >= 0.6 is 0 Å². The molecule has 0 bridgehead atoms. The Hall–Kier alpha value is -1.76. The Bertz CT molecular complexity index is 354. The van der Waals surface area contributed by atoms with E-state index in [0.717, 1.165) is 31.3 Å². The first-order valence-corrected chi connectivity index (χ1v) is 4.72. The van der Waals surface area contributed by atoms with Gasteiger partial charge in [-0.1, -0.05) is 13.0 Å². The molecule has 0 heterocycles. The molecule has 1 saturated carbocycles. The smallest absolute Gasteiger partial charge is 0.129 e. The summed E-state index contributed by atoms with van der Waals surface area (Å²) >= 11 is 0. The molecule has 1 rings (SSSR count). The van der Waals surface area contributed by atoms with Crippen molar-refractivity contribution >= 4 is 0 Å². The molecule has 0 aliphatic heterocycles. The first-order valence-electron chi connectivity index (χ1n) is 4.72. The molecule has 0 amide bonds. The number of hydrogen-bond acceptors (Lipinski definition) is 2. The molecule has 0 radical (unpaired) electrons. The van der Waals surface area contributed by atoms with Gasteiger partial charge in [0.25, 0.3) is 0 Å². The molecule has 2 nitrogen and oxygen atoms in total. The van der Waals surface area contributed by atoms with Gasteiger partial charge in [0.05, 0.1) is 0 Å². The van der Waals surface area contributed by atoms with Gasteiger partial charge in [-0.2, -0.15) is 10.5 Å². The van der Waals surface area contributed by atoms with Gasteiger partial charge in [-0.25, -0.2) is 0 Å². The molecule has 2 heteroatoms. The molecule has 1 atom stereocenters. The second kappa shape index (κ2) is 5.07. The Labute approximate surface area is 84.5 Å². The van der Waals surface area contributed by atoms with Crippen molar-refractivity contribution in [3.63, 3.8) is 0 Å². The van der Waals surface area contributed by atoms with Gasteiger partial charge < -0.3 is 0 Å². The van der Waals surface area contributed by atoms with Crippen molar-refractivity contribution in [3.8, 4) is 12.1 Å². The van der Waals surface area contributed by atoms with Gasteiger partial charge in [-0.05, 0) is 30.9 Å². The topological polar surface area (TPSA) is 47.6 Å². The molecule has 1 aliphatic rings. The zero-order valence-corrected chi connectivity index (χ0v) is 8.08. The number of nitrogens with zero attached hydrogens (tertiary/aromatic N) is 2. The summed E-state index contributed by atoms with van der Waals surface area (Å²) < 4.78 is 0. The maximum atomic E-state index is 8.78. The predicted molar refractivity (Wildman–Crippen MR) is 53.9 cm³/mol. The van der Waals surface area contributed by atoms with E-state index in [0.29, 0.717) is 0 Å². The van der Waals surface area contributed by atoms with E-state index >= 15 is 0 Å². The zero-order valence-electron chi connectivity index (χ0n) is 8.08. The van der Waals surface area contributed by atoms with Crippen molar-refractivity contribution in [1.29, 1.82) is 10.5 Å². The van der Waals surface area contributed by atoms with Crippen LogP contribution < -0.4 is 0 Å². The van der Waals surface area contributed by atoms with Crippen LogP contribution in [0.25, 0.3) is 0 Å². The average molecular weight is 184 g/mol. The molecular formula is C12H12N2. The third-order valence-electron chi connectivity index (χ3n) is 2.52. The van der Waals surface area contributed by atoms with E-state index < -0.39 is 0 Å². The Kier molecular flexibility index (Phi) is 3.74. The molecule has 1 unspecified atom stereocenters. The minimum Gasteiger partial charge on any atom is -0.192 e. The van der Waals surface area contributed by atoms with Gasteiger partial charge >= 0.3 is 0 Å². The van der Waals surface area contributed by atoms with Crippen LogP contribution in [0.15, 0.2) is 29.5 Å². The normalized spacial score (nSPS) is 20.1. The van der Waals surface area contributed by atoms with Crippen LogP contribution in [0.3, 0.4) is 0 Å². The van der Waals surface area contributed by atoms with Crippen LogP contribution in [0.1, 0.15) is 25.7 Å². The highest BCUT2D eigenvalue weighted by Crippen LogP contribution is 2.32. The van der Waals surface area contributed by atoms with Gasteiger partial charge in [0, 0.05) is 5.92 Å². The molecule has 0 N–H and O–H groups in total. The van der Waals surface area contributed by atoms with E-state index in [9.17, 15) is 0 Å². The van der Waals surface area contributed by atoms with Crippen LogP contribution in [-0.4, -0.2) is 0 Å². The highest BCUT2D eigenvalue weighted by molar-refractivity contribution is 5.42. The lowest BCUT2D eigenvalue weighted by Gasteiger charge is -2.21. The van der Waals surface area contributed by atoms with Gasteiger partial charge in [-0.15, -0.1) is 5.73 Å². The molecule has 0 aromatic rings. The highest BCUT2D eigenvalue weighted by atomic mass is 14.3. The molecule has 1 fully saturated rings. The summed E-state index contributed by atoms with van der Waals surface area (Å²) in [6.45, 7) is 3.53. The van der Waals surface area contributed by atoms with E-state index in [4.69, 9.17) is 10.5 Å². The monoisotopic (exact) mass is 184 g/mol. The molecule has 1 aliphatic carbocycles. The molecule has 0 saturated heterocycles. The van der Waals surface area contributed by atoms with Crippen LogP contribution in [0, 0.1) is 28.6 Å². The van der Waals surface area contributed by atoms with E-state index in [1.54, 1.807) is 0 Å². The molecule has 70 valence electrons. The fourth-order valence-electron chi connectivity index (χ4n) is 1.84. The Morgan fingerprint density at radius 1 is 1.36 bits per heavy atom. The van der Waals surface area contributed by atoms with Crippen LogP contribution in [0.2, 0.25) is 0 Å². The summed E-state index contributed by atoms with van der Waals surface area (Å²) in [4.78, 5) is 0. The zero-order chi connectivity index (χ0) is 10.4. The summed E-state index contributed by atoms with van der Waals surface area (Å²) in [5.41, 5.74) is 3.99. The largest absolute Gasteiger partial charge is 0.192 e. The van der Waals surface area contributed by atoms with Crippen molar-refractivity contribution < 1.29 is 0 Å². The van der Waals surface area contributed by atoms with Gasteiger partial charge in [0.15, 0.2) is 0 Å². The molecule has 14 heavy (non-hydrogen) atoms. The third-order valence-corrected chi connectivity index (χ3v) is 2.52. The first kappa shape index (κ1) is 10.3. The van der Waals surface area contributed by atoms with E-state index in [1.165, 1.54) is 0 Å². The van der Waals surface area contributed by atoms with E-state index in [2.05, 4.69) is 12.3 Å². The number of rotatable bonds is 1. The van der Waals surface area contributed by atoms with Crippen molar-refractivity contribution in [1.82, 2.24) is 0 Å². The van der Waals surface area contributed by atoms with Gasteiger partial charge in [0.1, 0.15) is 17.7 Å². The second-order valence-electron chi connectivity index (χ2n) is 3.35. The molecule has 0 aromatic carbocycles. The molecular weight excluding hydrogens is 172 g/mol. The fourth-order valence-corrected chi connectivity index (χ4v) is 1.84. The first-order chi connectivity index (χ1) is 6.83. The van der Waals surface area contributed by atoms with Crippen molar-refractivity contribution in [2.75, 3.05) is 0 Å². The standard InChI is InChI=1S/C12H12N2/c1-2-5-10-6-3-4-7-12(10)11(8-13)9-14/h5,10H,1,3-4,6-7H2. The maximum Gasteiger partial charge on any atom is 0.129 e. The summed E-state index contributed by atoms with van der Waals surface area (Å²) in [5, 5.41) is 17.6. The minimum atomic E-state index is 0.204. The predicted octanol–water partition coefficient (Wildman–Crippen LogP) is 2.86. The van der Waals surface area contributed by atoms with Gasteiger partial charge in [0.2, 0.25) is 0 Å². The van der Waals surface area contributed by atoms with Gasteiger partial charge in [-0.3, -0.25) is 0 Å². The number of allylic oxidation sites excluding steroid dienone is 3. The molecule has 0 aromatic heterocycles. The van der Waals surface area contributed by atoms with Crippen molar-refractivity contribution in [2.45, 2.75) is 25.7 Å². The van der Waals surface area contributed by atoms with E-state index in [-0.39, 0.29) is 11.5 Å². The minimum absolute atomic E-state index is 0.204. The maximum absolute atomic E-state index is 8.78. The summed E-state index contributed by atoms with van der Waals surface area (Å²) in [7, 11) is 0. The van der Waals surface area contributed by atoms with Crippen LogP contribution in [0.4, 0.5) is 0 Å². The Balaban J connectivity index is 3.05. The SMILES string of the molecule is C=C=CC1CCCCC1=C(C#N)C#N. The quantitative estimate of drug-likeness (QED) is 0.464. The lowest BCUT2D eigenvalue weighted by molar-refractivity contribution is 0.517. The van der Waals surface area contributed by atoms with Crippen molar-refractivity contribution in [3.05, 3.63) is 29.5 Å². The average Bonchev–Trinajstić information content (AvgIpc) is 2.23. The lowest BCUT2D eigenvalue weighted by atomic mass is 9.82. The summed E-state index contributed by atoms with van der Waals surface area (Å²) in [6, 6.07) is 3.92. The Morgan fingerprint density at radius 3 is 2.64 bits per heavy atom. The summed E-state index contributed by atoms with van der Waals surface area (Å²) in [5.74, 6) is 0.204. The van der Waals surface area contributed by atoms with Crippen LogP contribution in [0.5, 0.6) is 0 Å². The number of hydrogen-bond donors (Lipinski definition) is 0. The third kappa shape index (κ3) is 2.13. The fraction of sp³-hybridized carbons (Fsp3) is 0.417. The van der Waals surface area contributed by atoms with Crippen LogP contribution in [-0.2, 0) is 0 Å². The van der Waals surface area contributed by atoms with Crippen molar-refractivity contribution in [2.24, 2.45) is 5.92 Å². The number of nitriles is 2. The summed E-state index contributed by atoms with van der Waals surface area (Å²) in [6.07, 6.45) is 5.95. The lowest BCUT2D eigenvalue weighted by Crippen LogP contribution is -2.09. The molecule has 0 spiro atoms. The van der Waals surface area contributed by atoms with E-state index in [1.807, 2.05) is 18.2 Å². The highest BCUT2D eigenvalue weighted by Gasteiger charge is 2.19. The Morgan fingerprint density at radius 2 is 2.07 bits per heavy atom. The second-order valence-corrected chi connectivity index (χ2v) is 3.35.